The number of carbonyl (C=O) groups excluding carboxylic acids is 1. The van der Waals surface area contributed by atoms with Crippen molar-refractivity contribution in [1.29, 1.82) is 0 Å². The van der Waals surface area contributed by atoms with E-state index in [2.05, 4.69) is 15.7 Å². The lowest BCUT2D eigenvalue weighted by Crippen LogP contribution is -2.40. The molecule has 100 valence electrons. The van der Waals surface area contributed by atoms with E-state index in [1.54, 1.807) is 4.68 Å². The molecule has 1 amide bonds. The zero-order valence-electron chi connectivity index (χ0n) is 10.8. The standard InChI is InChI=1S/C12H20N4O2/c1-3-10-8(7-16(2)15-10)5-14-12(18)11-4-9(17)6-13-11/h7,9,11,13,17H,3-6H2,1-2H3,(H,14,18). The number of β-amino-alcohol motifs (C(OH)–C–C–N with tert-alkyl or cyclic N) is 1. The Bertz CT molecular complexity index is 430. The number of aliphatic hydroxyl groups is 1. The van der Waals surface area contributed by atoms with Crippen LogP contribution in [0.1, 0.15) is 24.6 Å². The SMILES string of the molecule is CCc1nn(C)cc1CNC(=O)C1CC(O)CN1. The van der Waals surface area contributed by atoms with Crippen molar-refractivity contribution in [1.82, 2.24) is 20.4 Å². The van der Waals surface area contributed by atoms with Crippen molar-refractivity contribution in [3.05, 3.63) is 17.5 Å². The van der Waals surface area contributed by atoms with E-state index in [0.717, 1.165) is 17.7 Å². The number of aromatic nitrogens is 2. The molecule has 2 rings (SSSR count). The number of nitrogens with one attached hydrogen (secondary N) is 2. The van der Waals surface area contributed by atoms with Gasteiger partial charge < -0.3 is 15.7 Å². The van der Waals surface area contributed by atoms with E-state index >= 15 is 0 Å². The molecule has 2 unspecified atom stereocenters. The minimum atomic E-state index is -0.412. The summed E-state index contributed by atoms with van der Waals surface area (Å²) in [5.41, 5.74) is 2.06. The molecule has 1 aliphatic rings. The van der Waals surface area contributed by atoms with E-state index in [9.17, 15) is 9.90 Å². The lowest BCUT2D eigenvalue weighted by atomic mass is 10.1. The molecule has 2 atom stereocenters. The van der Waals surface area contributed by atoms with Gasteiger partial charge in [0.2, 0.25) is 5.91 Å². The highest BCUT2D eigenvalue weighted by molar-refractivity contribution is 5.82. The molecular weight excluding hydrogens is 232 g/mol. The number of aryl methyl sites for hydroxylation is 2. The molecule has 1 aromatic heterocycles. The van der Waals surface area contributed by atoms with Gasteiger partial charge in [-0.05, 0) is 12.8 Å². The van der Waals surface area contributed by atoms with Gasteiger partial charge in [-0.2, -0.15) is 5.10 Å². The molecule has 0 aromatic carbocycles. The van der Waals surface area contributed by atoms with Crippen molar-refractivity contribution in [3.8, 4) is 0 Å². The Morgan fingerprint density at radius 3 is 3.11 bits per heavy atom. The summed E-state index contributed by atoms with van der Waals surface area (Å²) >= 11 is 0. The molecule has 0 saturated carbocycles. The van der Waals surface area contributed by atoms with Crippen LogP contribution in [0.5, 0.6) is 0 Å². The molecule has 0 aliphatic carbocycles. The van der Waals surface area contributed by atoms with Gasteiger partial charge in [-0.25, -0.2) is 0 Å². The summed E-state index contributed by atoms with van der Waals surface area (Å²) < 4.78 is 1.76. The molecule has 1 aliphatic heterocycles. The summed E-state index contributed by atoms with van der Waals surface area (Å²) in [7, 11) is 1.87. The molecule has 2 heterocycles. The molecule has 3 N–H and O–H groups in total. The fraction of sp³-hybridized carbons (Fsp3) is 0.667. The first-order valence-corrected chi connectivity index (χ1v) is 6.30. The second kappa shape index (κ2) is 5.49. The number of aliphatic hydroxyl groups excluding tert-OH is 1. The van der Waals surface area contributed by atoms with E-state index in [1.165, 1.54) is 0 Å². The molecule has 1 fully saturated rings. The Kier molecular flexibility index (Phi) is 3.98. The van der Waals surface area contributed by atoms with E-state index in [1.807, 2.05) is 20.2 Å². The van der Waals surface area contributed by atoms with Crippen LogP contribution < -0.4 is 10.6 Å². The highest BCUT2D eigenvalue weighted by atomic mass is 16.3. The number of hydrogen-bond acceptors (Lipinski definition) is 4. The Balaban J connectivity index is 1.89. The quantitative estimate of drug-likeness (QED) is 0.663. The first kappa shape index (κ1) is 13.0. The van der Waals surface area contributed by atoms with Crippen LogP contribution in [-0.2, 0) is 24.8 Å². The van der Waals surface area contributed by atoms with Crippen LogP contribution >= 0.6 is 0 Å². The topological polar surface area (TPSA) is 79.2 Å². The Hall–Kier alpha value is -1.40. The molecule has 1 aromatic rings. The van der Waals surface area contributed by atoms with Gasteiger partial charge in [0.15, 0.2) is 0 Å². The van der Waals surface area contributed by atoms with Crippen LogP contribution in [0, 0.1) is 0 Å². The van der Waals surface area contributed by atoms with Gasteiger partial charge >= 0.3 is 0 Å². The van der Waals surface area contributed by atoms with Gasteiger partial charge in [-0.3, -0.25) is 9.48 Å². The highest BCUT2D eigenvalue weighted by Gasteiger charge is 2.27. The summed E-state index contributed by atoms with van der Waals surface area (Å²) in [5.74, 6) is -0.0579. The molecule has 0 bridgehead atoms. The first-order chi connectivity index (χ1) is 8.60. The normalized spacial score (nSPS) is 23.3. The summed E-state index contributed by atoms with van der Waals surface area (Å²) in [6, 6.07) is -0.276. The smallest absolute Gasteiger partial charge is 0.237 e. The maximum Gasteiger partial charge on any atom is 0.237 e. The van der Waals surface area contributed by atoms with Crippen molar-refractivity contribution in [2.45, 2.75) is 38.5 Å². The molecule has 1 saturated heterocycles. The Labute approximate surface area is 106 Å². The number of hydrogen-bond donors (Lipinski definition) is 3. The molecule has 18 heavy (non-hydrogen) atoms. The van der Waals surface area contributed by atoms with Crippen LogP contribution in [0.3, 0.4) is 0 Å². The molecule has 0 radical (unpaired) electrons. The van der Waals surface area contributed by atoms with Gasteiger partial charge in [0.25, 0.3) is 0 Å². The summed E-state index contributed by atoms with van der Waals surface area (Å²) in [6.07, 6.45) is 2.85. The third-order valence-corrected chi connectivity index (χ3v) is 3.20. The van der Waals surface area contributed by atoms with Gasteiger partial charge in [-0.15, -0.1) is 0 Å². The summed E-state index contributed by atoms with van der Waals surface area (Å²) in [6.45, 7) is 3.03. The molecule has 0 spiro atoms. The van der Waals surface area contributed by atoms with Gasteiger partial charge in [0.1, 0.15) is 0 Å². The minimum Gasteiger partial charge on any atom is -0.392 e. The van der Waals surface area contributed by atoms with E-state index in [0.29, 0.717) is 19.5 Å². The van der Waals surface area contributed by atoms with E-state index in [4.69, 9.17) is 0 Å². The number of rotatable bonds is 4. The average molecular weight is 252 g/mol. The maximum absolute atomic E-state index is 11.9. The third-order valence-electron chi connectivity index (χ3n) is 3.20. The minimum absolute atomic E-state index is 0.0579. The third kappa shape index (κ3) is 2.88. The predicted molar refractivity (Wildman–Crippen MR) is 66.8 cm³/mol. The highest BCUT2D eigenvalue weighted by Crippen LogP contribution is 2.09. The zero-order chi connectivity index (χ0) is 13.1. The largest absolute Gasteiger partial charge is 0.392 e. The van der Waals surface area contributed by atoms with Gasteiger partial charge in [0, 0.05) is 31.9 Å². The van der Waals surface area contributed by atoms with Crippen LogP contribution in [0.15, 0.2) is 6.20 Å². The number of carbonyl (C=O) groups is 1. The van der Waals surface area contributed by atoms with Gasteiger partial charge in [0.05, 0.1) is 17.8 Å². The summed E-state index contributed by atoms with van der Waals surface area (Å²) in [4.78, 5) is 11.9. The van der Waals surface area contributed by atoms with Crippen molar-refractivity contribution in [3.63, 3.8) is 0 Å². The Morgan fingerprint density at radius 1 is 1.72 bits per heavy atom. The van der Waals surface area contributed by atoms with Crippen molar-refractivity contribution in [2.75, 3.05) is 6.54 Å². The Morgan fingerprint density at radius 2 is 2.50 bits per heavy atom. The van der Waals surface area contributed by atoms with Crippen LogP contribution in [0.25, 0.3) is 0 Å². The average Bonchev–Trinajstić information content (AvgIpc) is 2.92. The predicted octanol–water partition coefficient (Wildman–Crippen LogP) is -0.678. The van der Waals surface area contributed by atoms with Crippen LogP contribution in [-0.4, -0.2) is 39.5 Å². The fourth-order valence-corrected chi connectivity index (χ4v) is 2.25. The van der Waals surface area contributed by atoms with E-state index < -0.39 is 6.10 Å². The summed E-state index contributed by atoms with van der Waals surface area (Å²) in [5, 5.41) is 19.6. The fourth-order valence-electron chi connectivity index (χ4n) is 2.25. The van der Waals surface area contributed by atoms with Crippen LogP contribution in [0.4, 0.5) is 0 Å². The first-order valence-electron chi connectivity index (χ1n) is 6.30. The van der Waals surface area contributed by atoms with Crippen LogP contribution in [0.2, 0.25) is 0 Å². The maximum atomic E-state index is 11.9. The molecule has 6 nitrogen and oxygen atoms in total. The number of nitrogens with zero attached hydrogens (tertiary/aromatic N) is 2. The van der Waals surface area contributed by atoms with Gasteiger partial charge in [-0.1, -0.05) is 6.92 Å². The zero-order valence-corrected chi connectivity index (χ0v) is 10.8. The second-order valence-electron chi connectivity index (χ2n) is 4.70. The number of amides is 1. The van der Waals surface area contributed by atoms with Crippen molar-refractivity contribution < 1.29 is 9.90 Å². The van der Waals surface area contributed by atoms with Crippen molar-refractivity contribution >= 4 is 5.91 Å². The molecule has 6 heteroatoms. The lowest BCUT2D eigenvalue weighted by Gasteiger charge is -2.10. The lowest BCUT2D eigenvalue weighted by molar-refractivity contribution is -0.123. The molecular formula is C12H20N4O2. The second-order valence-corrected chi connectivity index (χ2v) is 4.70. The van der Waals surface area contributed by atoms with Crippen molar-refractivity contribution in [2.24, 2.45) is 7.05 Å². The van der Waals surface area contributed by atoms with E-state index in [-0.39, 0.29) is 11.9 Å². The monoisotopic (exact) mass is 252 g/mol.